The molecule has 6 nitrogen and oxygen atoms in total. The lowest BCUT2D eigenvalue weighted by Crippen LogP contribution is -2.00. The van der Waals surface area contributed by atoms with Gasteiger partial charge in [-0.15, -0.1) is 0 Å². The first-order valence-electron chi connectivity index (χ1n) is 11.5. The highest BCUT2D eigenvalue weighted by Gasteiger charge is 2.14. The van der Waals surface area contributed by atoms with Crippen LogP contribution in [0.3, 0.4) is 0 Å². The van der Waals surface area contributed by atoms with E-state index in [0.717, 1.165) is 28.1 Å². The van der Waals surface area contributed by atoms with Gasteiger partial charge in [0.15, 0.2) is 22.9 Å². The van der Waals surface area contributed by atoms with Crippen molar-refractivity contribution in [3.63, 3.8) is 0 Å². The van der Waals surface area contributed by atoms with Gasteiger partial charge in [-0.2, -0.15) is 5.10 Å². The summed E-state index contributed by atoms with van der Waals surface area (Å²) < 4.78 is 12.7. The Morgan fingerprint density at radius 3 is 2.31 bits per heavy atom. The van der Waals surface area contributed by atoms with Gasteiger partial charge in [0.2, 0.25) is 0 Å². The van der Waals surface area contributed by atoms with Crippen molar-refractivity contribution in [1.82, 2.24) is 14.6 Å². The molecule has 178 valence electrons. The predicted octanol–water partition coefficient (Wildman–Crippen LogP) is 6.29. The molecule has 0 fully saturated rings. The SMILES string of the molecule is COc1ccc(-c2cc(/C=C/C(=O)c3ccc(C)cc3)nc3cc(-c4ccccc4)nn23)cc1OC. The van der Waals surface area contributed by atoms with Crippen molar-refractivity contribution in [2.75, 3.05) is 14.2 Å². The Balaban J connectivity index is 1.62. The molecule has 0 aliphatic carbocycles. The van der Waals surface area contributed by atoms with Crippen LogP contribution in [0.15, 0.2) is 91.0 Å². The molecule has 6 heteroatoms. The fourth-order valence-corrected chi connectivity index (χ4v) is 4.01. The number of hydrogen-bond acceptors (Lipinski definition) is 5. The van der Waals surface area contributed by atoms with E-state index >= 15 is 0 Å². The van der Waals surface area contributed by atoms with E-state index in [1.807, 2.05) is 96.4 Å². The number of nitrogens with zero attached hydrogens (tertiary/aromatic N) is 3. The van der Waals surface area contributed by atoms with Crippen molar-refractivity contribution < 1.29 is 14.3 Å². The summed E-state index contributed by atoms with van der Waals surface area (Å²) in [4.78, 5) is 17.5. The summed E-state index contributed by atoms with van der Waals surface area (Å²) in [6.07, 6.45) is 3.29. The summed E-state index contributed by atoms with van der Waals surface area (Å²) in [6, 6.07) is 27.0. The van der Waals surface area contributed by atoms with Crippen LogP contribution in [-0.4, -0.2) is 34.6 Å². The highest BCUT2D eigenvalue weighted by atomic mass is 16.5. The number of carbonyl (C=O) groups is 1. The number of allylic oxidation sites excluding steroid dienone is 1. The van der Waals surface area contributed by atoms with Crippen LogP contribution in [0.1, 0.15) is 21.6 Å². The molecule has 3 aromatic carbocycles. The van der Waals surface area contributed by atoms with Crippen LogP contribution in [-0.2, 0) is 0 Å². The second-order valence-electron chi connectivity index (χ2n) is 8.37. The molecule has 0 atom stereocenters. The molecule has 0 unspecified atom stereocenters. The molecule has 2 aromatic heterocycles. The molecule has 0 amide bonds. The molecule has 0 saturated heterocycles. The van der Waals surface area contributed by atoms with E-state index in [-0.39, 0.29) is 5.78 Å². The molecule has 5 rings (SSSR count). The largest absolute Gasteiger partial charge is 0.493 e. The average molecular weight is 476 g/mol. The van der Waals surface area contributed by atoms with E-state index in [1.54, 1.807) is 26.4 Å². The molecule has 0 spiro atoms. The Morgan fingerprint density at radius 2 is 1.58 bits per heavy atom. The Morgan fingerprint density at radius 1 is 0.833 bits per heavy atom. The number of fused-ring (bicyclic) bond motifs is 1. The Kier molecular flexibility index (Phi) is 6.33. The summed E-state index contributed by atoms with van der Waals surface area (Å²) in [5, 5.41) is 4.84. The number of ether oxygens (including phenoxy) is 2. The van der Waals surface area contributed by atoms with Crippen LogP contribution in [0.2, 0.25) is 0 Å². The number of aryl methyl sites for hydroxylation is 1. The Hall–Kier alpha value is -4.71. The van der Waals surface area contributed by atoms with Crippen LogP contribution < -0.4 is 9.47 Å². The van der Waals surface area contributed by atoms with Crippen LogP contribution >= 0.6 is 0 Å². The third-order valence-electron chi connectivity index (χ3n) is 5.94. The van der Waals surface area contributed by atoms with E-state index in [2.05, 4.69) is 0 Å². The van der Waals surface area contributed by atoms with Gasteiger partial charge >= 0.3 is 0 Å². The van der Waals surface area contributed by atoms with E-state index in [0.29, 0.717) is 28.4 Å². The lowest BCUT2D eigenvalue weighted by molar-refractivity contribution is 0.104. The van der Waals surface area contributed by atoms with Crippen molar-refractivity contribution >= 4 is 17.5 Å². The standard InChI is InChI=1S/C30H25N3O3/c1-20-9-11-22(12-10-20)27(34)15-14-24-18-26(23-13-16-28(35-2)29(17-23)36-3)33-30(31-24)19-25(32-33)21-7-5-4-6-8-21/h4-19H,1-3H3/b15-14+. The number of aromatic nitrogens is 3. The van der Waals surface area contributed by atoms with Gasteiger partial charge in [-0.05, 0) is 43.3 Å². The molecule has 0 aliphatic rings. The van der Waals surface area contributed by atoms with Gasteiger partial charge < -0.3 is 9.47 Å². The number of ketones is 1. The normalized spacial score (nSPS) is 11.2. The molecule has 5 aromatic rings. The molecular weight excluding hydrogens is 450 g/mol. The fraction of sp³-hybridized carbons (Fsp3) is 0.100. The first-order valence-corrected chi connectivity index (χ1v) is 11.5. The van der Waals surface area contributed by atoms with Crippen molar-refractivity contribution in [2.24, 2.45) is 0 Å². The summed E-state index contributed by atoms with van der Waals surface area (Å²) in [6.45, 7) is 1.99. The third-order valence-corrected chi connectivity index (χ3v) is 5.94. The zero-order valence-electron chi connectivity index (χ0n) is 20.3. The van der Waals surface area contributed by atoms with Crippen LogP contribution in [0.25, 0.3) is 34.2 Å². The van der Waals surface area contributed by atoms with Crippen molar-refractivity contribution in [3.8, 4) is 34.0 Å². The maximum Gasteiger partial charge on any atom is 0.185 e. The second-order valence-corrected chi connectivity index (χ2v) is 8.37. The highest BCUT2D eigenvalue weighted by molar-refractivity contribution is 6.06. The van der Waals surface area contributed by atoms with Crippen molar-refractivity contribution in [3.05, 3.63) is 108 Å². The van der Waals surface area contributed by atoms with E-state index in [4.69, 9.17) is 19.6 Å². The summed E-state index contributed by atoms with van der Waals surface area (Å²) >= 11 is 0. The van der Waals surface area contributed by atoms with Crippen LogP contribution in [0.4, 0.5) is 0 Å². The summed E-state index contributed by atoms with van der Waals surface area (Å²) in [5.41, 5.74) is 6.55. The number of hydrogen-bond donors (Lipinski definition) is 0. The average Bonchev–Trinajstić information content (AvgIpc) is 3.36. The zero-order valence-corrected chi connectivity index (χ0v) is 20.3. The quantitative estimate of drug-likeness (QED) is 0.205. The smallest absolute Gasteiger partial charge is 0.185 e. The van der Waals surface area contributed by atoms with Crippen molar-refractivity contribution in [1.29, 1.82) is 0 Å². The van der Waals surface area contributed by atoms with Gasteiger partial charge in [-0.1, -0.05) is 60.2 Å². The van der Waals surface area contributed by atoms with Crippen molar-refractivity contribution in [2.45, 2.75) is 6.92 Å². The molecular formula is C30H25N3O3. The van der Waals surface area contributed by atoms with Gasteiger partial charge in [0.25, 0.3) is 0 Å². The molecule has 0 saturated carbocycles. The van der Waals surface area contributed by atoms with Gasteiger partial charge in [-0.3, -0.25) is 4.79 Å². The number of carbonyl (C=O) groups excluding carboxylic acids is 1. The summed E-state index contributed by atoms with van der Waals surface area (Å²) in [7, 11) is 3.21. The third kappa shape index (κ3) is 4.61. The molecule has 0 bridgehead atoms. The maximum absolute atomic E-state index is 12.7. The zero-order chi connectivity index (χ0) is 25.1. The Labute approximate surface area is 209 Å². The number of rotatable bonds is 7. The predicted molar refractivity (Wildman–Crippen MR) is 142 cm³/mol. The minimum atomic E-state index is -0.0807. The number of benzene rings is 3. The molecule has 2 heterocycles. The molecule has 0 aliphatic heterocycles. The monoisotopic (exact) mass is 475 g/mol. The van der Waals surface area contributed by atoms with E-state index in [1.165, 1.54) is 0 Å². The Bertz CT molecular complexity index is 1570. The first-order chi connectivity index (χ1) is 17.6. The molecule has 36 heavy (non-hydrogen) atoms. The van der Waals surface area contributed by atoms with E-state index in [9.17, 15) is 4.79 Å². The minimum absolute atomic E-state index is 0.0807. The second kappa shape index (κ2) is 9.88. The topological polar surface area (TPSA) is 65.7 Å². The molecule has 0 radical (unpaired) electrons. The number of methoxy groups -OCH3 is 2. The van der Waals surface area contributed by atoms with E-state index < -0.39 is 0 Å². The highest BCUT2D eigenvalue weighted by Crippen LogP contribution is 2.33. The van der Waals surface area contributed by atoms with Gasteiger partial charge in [-0.25, -0.2) is 9.50 Å². The van der Waals surface area contributed by atoms with Gasteiger partial charge in [0.05, 0.1) is 31.3 Å². The minimum Gasteiger partial charge on any atom is -0.493 e. The van der Waals surface area contributed by atoms with Gasteiger partial charge in [0.1, 0.15) is 0 Å². The van der Waals surface area contributed by atoms with Crippen LogP contribution in [0.5, 0.6) is 11.5 Å². The van der Waals surface area contributed by atoms with Crippen LogP contribution in [0, 0.1) is 6.92 Å². The lowest BCUT2D eigenvalue weighted by Gasteiger charge is -2.11. The lowest BCUT2D eigenvalue weighted by atomic mass is 10.1. The maximum atomic E-state index is 12.7. The summed E-state index contributed by atoms with van der Waals surface area (Å²) in [5.74, 6) is 1.17. The molecule has 0 N–H and O–H groups in total. The van der Waals surface area contributed by atoms with Gasteiger partial charge in [0, 0.05) is 22.8 Å². The first kappa shape index (κ1) is 23.1. The fourth-order valence-electron chi connectivity index (χ4n) is 4.01.